The van der Waals surface area contributed by atoms with Crippen LogP contribution in [0.3, 0.4) is 0 Å². The van der Waals surface area contributed by atoms with Crippen molar-refractivity contribution in [2.75, 3.05) is 13.6 Å². The average Bonchev–Trinajstić information content (AvgIpc) is 3.05. The van der Waals surface area contributed by atoms with Crippen LogP contribution in [0.15, 0.2) is 41.1 Å². The molecule has 0 radical (unpaired) electrons. The van der Waals surface area contributed by atoms with Gasteiger partial charge in [0, 0.05) is 19.0 Å². The van der Waals surface area contributed by atoms with Crippen molar-refractivity contribution >= 4 is 17.2 Å². The van der Waals surface area contributed by atoms with Crippen molar-refractivity contribution in [2.24, 2.45) is 5.92 Å². The molecule has 0 saturated carbocycles. The third-order valence-electron chi connectivity index (χ3n) is 3.81. The summed E-state index contributed by atoms with van der Waals surface area (Å²) in [7, 11) is 2.12. The molecule has 0 saturated heterocycles. The first-order valence-electron chi connectivity index (χ1n) is 8.67. The second-order valence-corrected chi connectivity index (χ2v) is 7.56. The molecule has 2 aromatic rings. The van der Waals surface area contributed by atoms with E-state index in [0.717, 1.165) is 18.8 Å². The van der Waals surface area contributed by atoms with Crippen molar-refractivity contribution < 1.29 is 9.53 Å². The average molecular weight is 361 g/mol. The molecular weight excluding hydrogens is 332 g/mol. The molecule has 0 aliphatic heterocycles. The maximum Gasteiger partial charge on any atom is 0.222 e. The predicted octanol–water partition coefficient (Wildman–Crippen LogP) is 3.92. The zero-order valence-corrected chi connectivity index (χ0v) is 16.3. The molecule has 0 bridgehead atoms. The molecule has 136 valence electrons. The SMILES string of the molecule is CC(C)C(=O)NC[C@H](C)Oc1cccc(CN(C)Cc2ccsc2)c1. The number of carbonyl (C=O) groups excluding carboxylic acids is 1. The minimum absolute atomic E-state index is 0.00529. The summed E-state index contributed by atoms with van der Waals surface area (Å²) in [4.78, 5) is 13.9. The third kappa shape index (κ3) is 6.88. The van der Waals surface area contributed by atoms with E-state index >= 15 is 0 Å². The monoisotopic (exact) mass is 360 g/mol. The Balaban J connectivity index is 1.84. The molecule has 0 unspecified atom stereocenters. The summed E-state index contributed by atoms with van der Waals surface area (Å²) < 4.78 is 5.94. The second kappa shape index (κ2) is 9.59. The molecular formula is C20H28N2O2S. The maximum atomic E-state index is 11.6. The third-order valence-corrected chi connectivity index (χ3v) is 4.54. The van der Waals surface area contributed by atoms with E-state index in [9.17, 15) is 4.79 Å². The van der Waals surface area contributed by atoms with Gasteiger partial charge in [-0.15, -0.1) is 0 Å². The molecule has 1 atom stereocenters. The van der Waals surface area contributed by atoms with Crippen LogP contribution in [0, 0.1) is 5.92 Å². The highest BCUT2D eigenvalue weighted by Crippen LogP contribution is 2.17. The largest absolute Gasteiger partial charge is 0.489 e. The van der Waals surface area contributed by atoms with Crippen molar-refractivity contribution in [3.8, 4) is 5.75 Å². The van der Waals surface area contributed by atoms with Gasteiger partial charge in [-0.25, -0.2) is 0 Å². The molecule has 25 heavy (non-hydrogen) atoms. The van der Waals surface area contributed by atoms with E-state index in [2.05, 4.69) is 46.2 Å². The topological polar surface area (TPSA) is 41.6 Å². The van der Waals surface area contributed by atoms with E-state index in [-0.39, 0.29) is 17.9 Å². The Morgan fingerprint density at radius 3 is 2.64 bits per heavy atom. The summed E-state index contributed by atoms with van der Waals surface area (Å²) in [6.45, 7) is 8.06. The molecule has 2 rings (SSSR count). The van der Waals surface area contributed by atoms with Crippen LogP contribution in [0.2, 0.25) is 0 Å². The number of nitrogens with zero attached hydrogens (tertiary/aromatic N) is 1. The lowest BCUT2D eigenvalue weighted by Gasteiger charge is -2.19. The van der Waals surface area contributed by atoms with Crippen LogP contribution >= 0.6 is 11.3 Å². The van der Waals surface area contributed by atoms with Gasteiger partial charge in [0.2, 0.25) is 5.91 Å². The predicted molar refractivity (Wildman–Crippen MR) is 104 cm³/mol. The van der Waals surface area contributed by atoms with Crippen molar-refractivity contribution in [3.63, 3.8) is 0 Å². The molecule has 0 aliphatic rings. The number of carbonyl (C=O) groups is 1. The molecule has 0 fully saturated rings. The zero-order valence-electron chi connectivity index (χ0n) is 15.5. The normalized spacial score (nSPS) is 12.4. The molecule has 0 spiro atoms. The summed E-state index contributed by atoms with van der Waals surface area (Å²) in [5, 5.41) is 7.19. The van der Waals surface area contributed by atoms with Crippen LogP contribution in [-0.4, -0.2) is 30.5 Å². The van der Waals surface area contributed by atoms with Gasteiger partial charge >= 0.3 is 0 Å². The Morgan fingerprint density at radius 1 is 1.20 bits per heavy atom. The van der Waals surface area contributed by atoms with Crippen LogP contribution in [0.4, 0.5) is 0 Å². The van der Waals surface area contributed by atoms with Crippen LogP contribution in [0.25, 0.3) is 0 Å². The molecule has 1 aromatic heterocycles. The molecule has 1 amide bonds. The van der Waals surface area contributed by atoms with Crippen LogP contribution in [0.1, 0.15) is 31.9 Å². The van der Waals surface area contributed by atoms with E-state index in [4.69, 9.17) is 4.74 Å². The van der Waals surface area contributed by atoms with E-state index in [1.165, 1.54) is 11.1 Å². The lowest BCUT2D eigenvalue weighted by molar-refractivity contribution is -0.124. The van der Waals surface area contributed by atoms with Gasteiger partial charge in [-0.2, -0.15) is 11.3 Å². The summed E-state index contributed by atoms with van der Waals surface area (Å²) in [5.41, 5.74) is 2.56. The van der Waals surface area contributed by atoms with Gasteiger partial charge < -0.3 is 10.1 Å². The smallest absolute Gasteiger partial charge is 0.222 e. The first kappa shape index (κ1) is 19.5. The number of hydrogen-bond donors (Lipinski definition) is 1. The number of hydrogen-bond acceptors (Lipinski definition) is 4. The summed E-state index contributed by atoms with van der Waals surface area (Å²) in [6, 6.07) is 10.3. The van der Waals surface area contributed by atoms with Gasteiger partial charge in [-0.3, -0.25) is 9.69 Å². The number of benzene rings is 1. The zero-order chi connectivity index (χ0) is 18.2. The van der Waals surface area contributed by atoms with Crippen molar-refractivity contribution in [1.29, 1.82) is 0 Å². The summed E-state index contributed by atoms with van der Waals surface area (Å²) in [5.74, 6) is 0.890. The second-order valence-electron chi connectivity index (χ2n) is 6.78. The highest BCUT2D eigenvalue weighted by Gasteiger charge is 2.10. The Hall–Kier alpha value is -1.85. The van der Waals surface area contributed by atoms with Gasteiger partial charge in [-0.05, 0) is 54.1 Å². The lowest BCUT2D eigenvalue weighted by atomic mass is 10.2. The van der Waals surface area contributed by atoms with E-state index in [1.54, 1.807) is 11.3 Å². The first-order valence-corrected chi connectivity index (χ1v) is 9.61. The Bertz CT molecular complexity index is 655. The van der Waals surface area contributed by atoms with Crippen molar-refractivity contribution in [3.05, 3.63) is 52.2 Å². The Labute approximate surface area is 154 Å². The quantitative estimate of drug-likeness (QED) is 0.737. The highest BCUT2D eigenvalue weighted by molar-refractivity contribution is 7.07. The molecule has 4 nitrogen and oxygen atoms in total. The number of ether oxygens (including phenoxy) is 1. The highest BCUT2D eigenvalue weighted by atomic mass is 32.1. The fraction of sp³-hybridized carbons (Fsp3) is 0.450. The number of nitrogens with one attached hydrogen (secondary N) is 1. The fourth-order valence-corrected chi connectivity index (χ4v) is 3.16. The van der Waals surface area contributed by atoms with E-state index < -0.39 is 0 Å². The standard InChI is InChI=1S/C20H28N2O2S/c1-15(2)20(23)21-11-16(3)24-19-7-5-6-17(10-19)12-22(4)13-18-8-9-25-14-18/h5-10,14-16H,11-13H2,1-4H3,(H,21,23)/t16-/m0/s1. The van der Waals surface area contributed by atoms with Crippen LogP contribution < -0.4 is 10.1 Å². The maximum absolute atomic E-state index is 11.6. The Kier molecular flexibility index (Phi) is 7.47. The summed E-state index contributed by atoms with van der Waals surface area (Å²) >= 11 is 1.73. The van der Waals surface area contributed by atoms with Crippen LogP contribution in [0.5, 0.6) is 5.75 Å². The minimum atomic E-state index is -0.0681. The van der Waals surface area contributed by atoms with Gasteiger partial charge in [0.05, 0.1) is 6.54 Å². The van der Waals surface area contributed by atoms with Gasteiger partial charge in [-0.1, -0.05) is 26.0 Å². The molecule has 1 N–H and O–H groups in total. The first-order chi connectivity index (χ1) is 11.9. The van der Waals surface area contributed by atoms with Gasteiger partial charge in [0.25, 0.3) is 0 Å². The van der Waals surface area contributed by atoms with Gasteiger partial charge in [0.15, 0.2) is 0 Å². The van der Waals surface area contributed by atoms with E-state index in [1.807, 2.05) is 32.9 Å². The van der Waals surface area contributed by atoms with Gasteiger partial charge in [0.1, 0.15) is 11.9 Å². The lowest BCUT2D eigenvalue weighted by Crippen LogP contribution is -2.35. The fourth-order valence-electron chi connectivity index (χ4n) is 2.50. The molecule has 1 heterocycles. The summed E-state index contributed by atoms with van der Waals surface area (Å²) in [6.07, 6.45) is -0.0681. The number of thiophene rings is 1. The van der Waals surface area contributed by atoms with E-state index in [0.29, 0.717) is 6.54 Å². The number of rotatable bonds is 9. The molecule has 1 aromatic carbocycles. The van der Waals surface area contributed by atoms with Crippen LogP contribution in [-0.2, 0) is 17.9 Å². The Morgan fingerprint density at radius 2 is 1.96 bits per heavy atom. The molecule has 5 heteroatoms. The van der Waals surface area contributed by atoms with Crippen molar-refractivity contribution in [2.45, 2.75) is 40.0 Å². The van der Waals surface area contributed by atoms with Crippen molar-refractivity contribution in [1.82, 2.24) is 10.2 Å². The minimum Gasteiger partial charge on any atom is -0.489 e. The number of amides is 1. The molecule has 0 aliphatic carbocycles.